The zero-order valence-electron chi connectivity index (χ0n) is 9.55. The minimum Gasteiger partial charge on any atom is -0.339 e. The number of benzene rings is 1. The summed E-state index contributed by atoms with van der Waals surface area (Å²) in [5.41, 5.74) is 0.658. The number of nitrogens with zero attached hydrogens (tertiary/aromatic N) is 1. The van der Waals surface area contributed by atoms with Crippen molar-refractivity contribution in [2.24, 2.45) is 0 Å². The number of amides is 1. The molecule has 0 N–H and O–H groups in total. The van der Waals surface area contributed by atoms with E-state index in [-0.39, 0.29) is 5.91 Å². The molecule has 0 saturated heterocycles. The topological polar surface area (TPSA) is 20.3 Å². The molecule has 1 aromatic carbocycles. The summed E-state index contributed by atoms with van der Waals surface area (Å²) in [5.74, 6) is 0.0389. The van der Waals surface area contributed by atoms with E-state index in [1.807, 2.05) is 11.8 Å². The van der Waals surface area contributed by atoms with Crippen LogP contribution in [-0.2, 0) is 0 Å². The first-order chi connectivity index (χ1) is 8.10. The van der Waals surface area contributed by atoms with Gasteiger partial charge in [-0.05, 0) is 47.5 Å². The smallest absolute Gasteiger partial charge is 0.254 e. The zero-order valence-corrected chi connectivity index (χ0v) is 13.5. The minimum absolute atomic E-state index is 0.0389. The van der Waals surface area contributed by atoms with Gasteiger partial charge in [0.25, 0.3) is 5.91 Å². The lowest BCUT2D eigenvalue weighted by Gasteiger charge is -2.21. The Morgan fingerprint density at radius 2 is 2.18 bits per heavy atom. The molecule has 1 rings (SSSR count). The van der Waals surface area contributed by atoms with Crippen LogP contribution in [0.5, 0.6) is 0 Å². The van der Waals surface area contributed by atoms with Gasteiger partial charge in [0, 0.05) is 27.9 Å². The Labute approximate surface area is 124 Å². The van der Waals surface area contributed by atoms with Gasteiger partial charge in [0.1, 0.15) is 0 Å². The predicted molar refractivity (Wildman–Crippen MR) is 79.1 cm³/mol. The van der Waals surface area contributed by atoms with E-state index in [4.69, 9.17) is 11.6 Å². The van der Waals surface area contributed by atoms with Gasteiger partial charge in [-0.15, -0.1) is 0 Å². The van der Waals surface area contributed by atoms with Crippen LogP contribution in [0.4, 0.5) is 0 Å². The van der Waals surface area contributed by atoms with Crippen LogP contribution >= 0.6 is 43.5 Å². The molecule has 0 saturated carbocycles. The highest BCUT2D eigenvalue weighted by atomic mass is 79.9. The normalized spacial score (nSPS) is 10.4. The summed E-state index contributed by atoms with van der Waals surface area (Å²) in [6, 6.07) is 5.23. The molecule has 0 heterocycles. The molecule has 0 unspecified atom stereocenters. The maximum absolute atomic E-state index is 12.3. The summed E-state index contributed by atoms with van der Waals surface area (Å²) < 4.78 is 0.743. The standard InChI is InChI=1S/C12H14Br2ClNO/c1-2-16(7-3-6-13)12(17)10-5-4-9(15)8-11(10)14/h4-5,8H,2-3,6-7H2,1H3. The van der Waals surface area contributed by atoms with Crippen molar-refractivity contribution < 1.29 is 4.79 Å². The molecule has 5 heteroatoms. The van der Waals surface area contributed by atoms with E-state index in [1.54, 1.807) is 18.2 Å². The molecule has 2 nitrogen and oxygen atoms in total. The molecule has 0 fully saturated rings. The van der Waals surface area contributed by atoms with E-state index in [9.17, 15) is 4.79 Å². The number of carbonyl (C=O) groups is 1. The summed E-state index contributed by atoms with van der Waals surface area (Å²) >= 11 is 12.6. The van der Waals surface area contributed by atoms with Crippen molar-refractivity contribution in [1.29, 1.82) is 0 Å². The highest BCUT2D eigenvalue weighted by Gasteiger charge is 2.16. The van der Waals surface area contributed by atoms with Crippen LogP contribution in [0.2, 0.25) is 5.02 Å². The van der Waals surface area contributed by atoms with E-state index in [2.05, 4.69) is 31.9 Å². The molecule has 0 aliphatic rings. The fourth-order valence-electron chi connectivity index (χ4n) is 1.49. The van der Waals surface area contributed by atoms with Crippen LogP contribution in [0.3, 0.4) is 0 Å². The average Bonchev–Trinajstić information content (AvgIpc) is 2.29. The molecular weight excluding hydrogens is 369 g/mol. The van der Waals surface area contributed by atoms with E-state index < -0.39 is 0 Å². The summed E-state index contributed by atoms with van der Waals surface area (Å²) in [6.07, 6.45) is 0.949. The Morgan fingerprint density at radius 1 is 1.47 bits per heavy atom. The summed E-state index contributed by atoms with van der Waals surface area (Å²) in [7, 11) is 0. The third-order valence-electron chi connectivity index (χ3n) is 2.39. The van der Waals surface area contributed by atoms with Crippen molar-refractivity contribution in [2.45, 2.75) is 13.3 Å². The molecular formula is C12H14Br2ClNO. The number of alkyl halides is 1. The molecule has 0 spiro atoms. The first-order valence-corrected chi connectivity index (χ1v) is 7.69. The highest BCUT2D eigenvalue weighted by Crippen LogP contribution is 2.22. The van der Waals surface area contributed by atoms with E-state index in [0.29, 0.717) is 17.1 Å². The molecule has 94 valence electrons. The van der Waals surface area contributed by atoms with Gasteiger partial charge >= 0.3 is 0 Å². The largest absolute Gasteiger partial charge is 0.339 e. The Hall–Kier alpha value is -0.0600. The lowest BCUT2D eigenvalue weighted by Crippen LogP contribution is -2.32. The monoisotopic (exact) mass is 381 g/mol. The molecule has 1 amide bonds. The molecule has 0 aliphatic carbocycles. The third kappa shape index (κ3) is 4.27. The molecule has 1 aromatic rings. The Bertz CT molecular complexity index is 398. The third-order valence-corrected chi connectivity index (χ3v) is 3.84. The minimum atomic E-state index is 0.0389. The average molecular weight is 384 g/mol. The van der Waals surface area contributed by atoms with Crippen LogP contribution in [0.1, 0.15) is 23.7 Å². The maximum Gasteiger partial charge on any atom is 0.254 e. The SMILES string of the molecule is CCN(CCCBr)C(=O)c1ccc(Cl)cc1Br. The van der Waals surface area contributed by atoms with Gasteiger partial charge in [-0.2, -0.15) is 0 Å². The van der Waals surface area contributed by atoms with Gasteiger partial charge < -0.3 is 4.90 Å². The number of rotatable bonds is 5. The van der Waals surface area contributed by atoms with Crippen LogP contribution < -0.4 is 0 Å². The van der Waals surface area contributed by atoms with E-state index in [1.165, 1.54) is 0 Å². The van der Waals surface area contributed by atoms with Gasteiger partial charge in [0.05, 0.1) is 5.56 Å². The van der Waals surface area contributed by atoms with Crippen molar-refractivity contribution in [3.63, 3.8) is 0 Å². The van der Waals surface area contributed by atoms with Gasteiger partial charge in [0.15, 0.2) is 0 Å². The number of carbonyl (C=O) groups excluding carboxylic acids is 1. The molecule has 0 aliphatic heterocycles. The molecule has 17 heavy (non-hydrogen) atoms. The second-order valence-electron chi connectivity index (χ2n) is 3.55. The van der Waals surface area contributed by atoms with Gasteiger partial charge in [-0.3, -0.25) is 4.79 Å². The fraction of sp³-hybridized carbons (Fsp3) is 0.417. The van der Waals surface area contributed by atoms with Crippen molar-refractivity contribution in [1.82, 2.24) is 4.90 Å². The Balaban J connectivity index is 2.86. The first-order valence-electron chi connectivity index (χ1n) is 5.40. The quantitative estimate of drug-likeness (QED) is 0.692. The van der Waals surface area contributed by atoms with Gasteiger partial charge in [0.2, 0.25) is 0 Å². The number of hydrogen-bond donors (Lipinski definition) is 0. The lowest BCUT2D eigenvalue weighted by atomic mass is 10.2. The number of hydrogen-bond acceptors (Lipinski definition) is 1. The van der Waals surface area contributed by atoms with Crippen molar-refractivity contribution in [2.75, 3.05) is 18.4 Å². The van der Waals surface area contributed by atoms with Crippen LogP contribution in [0, 0.1) is 0 Å². The van der Waals surface area contributed by atoms with Crippen molar-refractivity contribution in [3.8, 4) is 0 Å². The van der Waals surface area contributed by atoms with E-state index in [0.717, 1.165) is 22.8 Å². The first kappa shape index (κ1) is 15.0. The second kappa shape index (κ2) is 7.39. The number of halogens is 3. The van der Waals surface area contributed by atoms with Crippen LogP contribution in [-0.4, -0.2) is 29.2 Å². The molecule has 0 atom stereocenters. The summed E-state index contributed by atoms with van der Waals surface area (Å²) in [5, 5.41) is 1.52. The zero-order chi connectivity index (χ0) is 12.8. The van der Waals surface area contributed by atoms with Crippen LogP contribution in [0.25, 0.3) is 0 Å². The highest BCUT2D eigenvalue weighted by molar-refractivity contribution is 9.10. The predicted octanol–water partition coefficient (Wildman–Crippen LogP) is 4.35. The maximum atomic E-state index is 12.3. The second-order valence-corrected chi connectivity index (χ2v) is 5.64. The molecule has 0 aromatic heterocycles. The van der Waals surface area contributed by atoms with Crippen molar-refractivity contribution >= 4 is 49.4 Å². The fourth-order valence-corrected chi connectivity index (χ4v) is 2.59. The molecule has 0 bridgehead atoms. The molecule has 0 radical (unpaired) electrons. The Morgan fingerprint density at radius 3 is 2.71 bits per heavy atom. The van der Waals surface area contributed by atoms with Crippen LogP contribution in [0.15, 0.2) is 22.7 Å². The summed E-state index contributed by atoms with van der Waals surface area (Å²) in [6.45, 7) is 3.45. The van der Waals surface area contributed by atoms with Gasteiger partial charge in [-0.25, -0.2) is 0 Å². The summed E-state index contributed by atoms with van der Waals surface area (Å²) in [4.78, 5) is 14.1. The lowest BCUT2D eigenvalue weighted by molar-refractivity contribution is 0.0764. The van der Waals surface area contributed by atoms with E-state index >= 15 is 0 Å². The Kier molecular flexibility index (Phi) is 6.52. The van der Waals surface area contributed by atoms with Crippen molar-refractivity contribution in [3.05, 3.63) is 33.3 Å². The van der Waals surface area contributed by atoms with Gasteiger partial charge in [-0.1, -0.05) is 27.5 Å².